The van der Waals surface area contributed by atoms with E-state index in [-0.39, 0.29) is 11.7 Å². The van der Waals surface area contributed by atoms with Crippen molar-refractivity contribution in [2.75, 3.05) is 11.9 Å². The Hall–Kier alpha value is -1.78. The van der Waals surface area contributed by atoms with Crippen LogP contribution in [0, 0.1) is 5.82 Å². The minimum absolute atomic E-state index is 0.185. The van der Waals surface area contributed by atoms with E-state index in [0.717, 1.165) is 0 Å². The average Bonchev–Trinajstić information content (AvgIpc) is 2.26. The molecule has 82 valence electrons. The lowest BCUT2D eigenvalue weighted by Crippen LogP contribution is -2.13. The van der Waals surface area contributed by atoms with E-state index in [9.17, 15) is 4.39 Å². The Bertz CT molecular complexity index is 341. The molecule has 0 saturated carbocycles. The number of nitrogens with two attached hydrogens (primary N) is 1. The van der Waals surface area contributed by atoms with Crippen LogP contribution in [-0.4, -0.2) is 17.6 Å². The molecule has 0 fully saturated rings. The van der Waals surface area contributed by atoms with Crippen molar-refractivity contribution >= 4 is 11.5 Å². The summed E-state index contributed by atoms with van der Waals surface area (Å²) in [5.41, 5.74) is 5.75. The zero-order valence-electron chi connectivity index (χ0n) is 8.28. The van der Waals surface area contributed by atoms with Crippen molar-refractivity contribution in [1.29, 1.82) is 0 Å². The standard InChI is InChI=1S/C10H14FN3O/c11-8-4-1-2-5-9(8)13-7-3-6-10(12)14-15/h1-2,4-5,13,15H,3,6-7H2,(H2,12,14). The van der Waals surface area contributed by atoms with Gasteiger partial charge in [0.2, 0.25) is 0 Å². The van der Waals surface area contributed by atoms with Gasteiger partial charge >= 0.3 is 0 Å². The summed E-state index contributed by atoms with van der Waals surface area (Å²) in [5, 5.41) is 14.0. The Morgan fingerprint density at radius 3 is 2.87 bits per heavy atom. The summed E-state index contributed by atoms with van der Waals surface area (Å²) in [4.78, 5) is 0. The summed E-state index contributed by atoms with van der Waals surface area (Å²) in [6.45, 7) is 0.581. The lowest BCUT2D eigenvalue weighted by atomic mass is 10.2. The molecule has 0 amide bonds. The van der Waals surface area contributed by atoms with Crippen molar-refractivity contribution in [3.63, 3.8) is 0 Å². The highest BCUT2D eigenvalue weighted by Gasteiger charge is 1.99. The summed E-state index contributed by atoms with van der Waals surface area (Å²) < 4.78 is 13.1. The predicted octanol–water partition coefficient (Wildman–Crippen LogP) is 1.76. The normalized spacial score (nSPS) is 11.4. The van der Waals surface area contributed by atoms with Crippen molar-refractivity contribution in [2.24, 2.45) is 10.9 Å². The van der Waals surface area contributed by atoms with Gasteiger partial charge in [-0.1, -0.05) is 17.3 Å². The van der Waals surface area contributed by atoms with Crippen molar-refractivity contribution in [1.82, 2.24) is 0 Å². The molecule has 1 rings (SSSR count). The number of oxime groups is 1. The molecule has 0 aliphatic heterocycles. The van der Waals surface area contributed by atoms with Crippen LogP contribution in [0.25, 0.3) is 0 Å². The van der Waals surface area contributed by atoms with Gasteiger partial charge in [0.25, 0.3) is 0 Å². The lowest BCUT2D eigenvalue weighted by molar-refractivity contribution is 0.316. The number of hydrogen-bond acceptors (Lipinski definition) is 3. The monoisotopic (exact) mass is 211 g/mol. The second-order valence-electron chi connectivity index (χ2n) is 3.10. The minimum Gasteiger partial charge on any atom is -0.409 e. The van der Waals surface area contributed by atoms with E-state index < -0.39 is 0 Å². The maximum atomic E-state index is 13.1. The first-order chi connectivity index (χ1) is 7.24. The van der Waals surface area contributed by atoms with E-state index in [1.807, 2.05) is 0 Å². The molecule has 1 aromatic carbocycles. The predicted molar refractivity (Wildman–Crippen MR) is 57.5 cm³/mol. The summed E-state index contributed by atoms with van der Waals surface area (Å²) in [6, 6.07) is 6.45. The van der Waals surface area contributed by atoms with Crippen molar-refractivity contribution < 1.29 is 9.60 Å². The van der Waals surface area contributed by atoms with E-state index in [1.165, 1.54) is 6.07 Å². The van der Waals surface area contributed by atoms with Crippen LogP contribution in [-0.2, 0) is 0 Å². The van der Waals surface area contributed by atoms with Gasteiger partial charge in [-0.15, -0.1) is 0 Å². The first-order valence-corrected chi connectivity index (χ1v) is 4.69. The largest absolute Gasteiger partial charge is 0.409 e. The molecule has 0 saturated heterocycles. The summed E-state index contributed by atoms with van der Waals surface area (Å²) in [6.07, 6.45) is 1.17. The van der Waals surface area contributed by atoms with Crippen LogP contribution >= 0.6 is 0 Å². The van der Waals surface area contributed by atoms with Crippen LogP contribution in [0.5, 0.6) is 0 Å². The highest BCUT2D eigenvalue weighted by atomic mass is 19.1. The zero-order chi connectivity index (χ0) is 11.1. The molecule has 0 spiro atoms. The number of halogens is 1. The molecule has 0 aromatic heterocycles. The molecule has 1 aromatic rings. The molecule has 0 radical (unpaired) electrons. The Morgan fingerprint density at radius 1 is 1.47 bits per heavy atom. The molecule has 0 bridgehead atoms. The summed E-state index contributed by atoms with van der Waals surface area (Å²) in [7, 11) is 0. The molecule has 0 atom stereocenters. The van der Waals surface area contributed by atoms with E-state index >= 15 is 0 Å². The number of nitrogens with one attached hydrogen (secondary N) is 1. The molecule has 0 aliphatic rings. The minimum atomic E-state index is -0.277. The molecule has 0 unspecified atom stereocenters. The van der Waals surface area contributed by atoms with Gasteiger partial charge in [-0.2, -0.15) is 0 Å². The summed E-state index contributed by atoms with van der Waals surface area (Å²) in [5.74, 6) is -0.0911. The van der Waals surface area contributed by atoms with Crippen molar-refractivity contribution in [3.05, 3.63) is 30.1 Å². The van der Waals surface area contributed by atoms with Crippen LogP contribution in [0.3, 0.4) is 0 Å². The maximum Gasteiger partial charge on any atom is 0.146 e. The third-order valence-electron chi connectivity index (χ3n) is 1.93. The molecular formula is C10H14FN3O. The van der Waals surface area contributed by atoms with Crippen molar-refractivity contribution in [2.45, 2.75) is 12.8 Å². The van der Waals surface area contributed by atoms with Gasteiger partial charge in [0.05, 0.1) is 5.69 Å². The topological polar surface area (TPSA) is 70.6 Å². The third-order valence-corrected chi connectivity index (χ3v) is 1.93. The highest BCUT2D eigenvalue weighted by Crippen LogP contribution is 2.11. The molecule has 0 aliphatic carbocycles. The van der Waals surface area contributed by atoms with Gasteiger partial charge in [0.15, 0.2) is 0 Å². The van der Waals surface area contributed by atoms with Gasteiger partial charge in [0, 0.05) is 13.0 Å². The van der Waals surface area contributed by atoms with Gasteiger partial charge in [-0.25, -0.2) is 4.39 Å². The lowest BCUT2D eigenvalue weighted by Gasteiger charge is -2.06. The average molecular weight is 211 g/mol. The fraction of sp³-hybridized carbons (Fsp3) is 0.300. The molecule has 5 heteroatoms. The third kappa shape index (κ3) is 3.84. The Balaban J connectivity index is 2.29. The molecular weight excluding hydrogens is 197 g/mol. The SMILES string of the molecule is NC(CCCNc1ccccc1F)=NO. The number of hydrogen-bond donors (Lipinski definition) is 3. The smallest absolute Gasteiger partial charge is 0.146 e. The molecule has 15 heavy (non-hydrogen) atoms. The van der Waals surface area contributed by atoms with Crippen LogP contribution < -0.4 is 11.1 Å². The fourth-order valence-electron chi connectivity index (χ4n) is 1.15. The van der Waals surface area contributed by atoms with Crippen LogP contribution in [0.15, 0.2) is 29.4 Å². The number of benzene rings is 1. The van der Waals surface area contributed by atoms with Crippen LogP contribution in [0.1, 0.15) is 12.8 Å². The zero-order valence-corrected chi connectivity index (χ0v) is 8.28. The van der Waals surface area contributed by atoms with Gasteiger partial charge in [0.1, 0.15) is 11.7 Å². The van der Waals surface area contributed by atoms with Gasteiger partial charge in [-0.3, -0.25) is 0 Å². The number of nitrogens with zero attached hydrogens (tertiary/aromatic N) is 1. The highest BCUT2D eigenvalue weighted by molar-refractivity contribution is 5.79. The number of anilines is 1. The molecule has 4 N–H and O–H groups in total. The second-order valence-corrected chi connectivity index (χ2v) is 3.10. The van der Waals surface area contributed by atoms with E-state index in [1.54, 1.807) is 18.2 Å². The van der Waals surface area contributed by atoms with Gasteiger partial charge in [-0.05, 0) is 18.6 Å². The number of para-hydroxylation sites is 1. The number of rotatable bonds is 5. The number of amidine groups is 1. The van der Waals surface area contributed by atoms with Crippen molar-refractivity contribution in [3.8, 4) is 0 Å². The van der Waals surface area contributed by atoms with E-state index in [0.29, 0.717) is 25.1 Å². The van der Waals surface area contributed by atoms with E-state index in [2.05, 4.69) is 10.5 Å². The first kappa shape index (κ1) is 11.3. The van der Waals surface area contributed by atoms with Crippen LogP contribution in [0.2, 0.25) is 0 Å². The molecule has 4 nitrogen and oxygen atoms in total. The van der Waals surface area contributed by atoms with E-state index in [4.69, 9.17) is 10.9 Å². The maximum absolute atomic E-state index is 13.1. The fourth-order valence-corrected chi connectivity index (χ4v) is 1.15. The summed E-state index contributed by atoms with van der Waals surface area (Å²) >= 11 is 0. The second kappa shape index (κ2) is 5.85. The Morgan fingerprint density at radius 2 is 2.20 bits per heavy atom. The first-order valence-electron chi connectivity index (χ1n) is 4.69. The van der Waals surface area contributed by atoms with Gasteiger partial charge < -0.3 is 16.3 Å². The quantitative estimate of drug-likeness (QED) is 0.228. The Kier molecular flexibility index (Phi) is 4.40. The molecule has 0 heterocycles. The Labute approximate surface area is 87.6 Å². The van der Waals surface area contributed by atoms with Crippen LogP contribution in [0.4, 0.5) is 10.1 Å².